The Morgan fingerprint density at radius 3 is 2.85 bits per heavy atom. The standard InChI is InChI=1S/C20H20N2O4/c1-26-19-6-2-13(10-18(19)24)3-7-20(25)21-9-8-14-12-22-17-5-4-15(23)11-16(14)17/h2-7,10-12,22-24H,8-9H2,1H3,(H,21,25)/b7-3-. The van der Waals surface area contributed by atoms with Crippen molar-refractivity contribution < 1.29 is 19.7 Å². The molecule has 6 heteroatoms. The van der Waals surface area contributed by atoms with Crippen LogP contribution in [-0.4, -0.2) is 34.8 Å². The van der Waals surface area contributed by atoms with Crippen molar-refractivity contribution in [3.05, 3.63) is 59.8 Å². The van der Waals surface area contributed by atoms with Crippen molar-refractivity contribution in [2.24, 2.45) is 0 Å². The van der Waals surface area contributed by atoms with Gasteiger partial charge in [0.05, 0.1) is 7.11 Å². The van der Waals surface area contributed by atoms with Crippen molar-refractivity contribution in [3.63, 3.8) is 0 Å². The van der Waals surface area contributed by atoms with Crippen LogP contribution in [0.5, 0.6) is 17.2 Å². The molecular weight excluding hydrogens is 332 g/mol. The number of ether oxygens (including phenoxy) is 1. The van der Waals surface area contributed by atoms with E-state index in [2.05, 4.69) is 10.3 Å². The molecule has 0 spiro atoms. The Labute approximate surface area is 150 Å². The molecule has 6 nitrogen and oxygen atoms in total. The van der Waals surface area contributed by atoms with Crippen LogP contribution in [0.4, 0.5) is 0 Å². The van der Waals surface area contributed by atoms with Gasteiger partial charge < -0.3 is 25.3 Å². The Hall–Kier alpha value is -3.41. The summed E-state index contributed by atoms with van der Waals surface area (Å²) in [6.45, 7) is 0.472. The van der Waals surface area contributed by atoms with Crippen molar-refractivity contribution in [3.8, 4) is 17.2 Å². The minimum atomic E-state index is -0.219. The molecule has 3 aromatic rings. The van der Waals surface area contributed by atoms with Crippen LogP contribution >= 0.6 is 0 Å². The summed E-state index contributed by atoms with van der Waals surface area (Å²) in [7, 11) is 1.48. The summed E-state index contributed by atoms with van der Waals surface area (Å²) in [6.07, 6.45) is 5.57. The highest BCUT2D eigenvalue weighted by molar-refractivity contribution is 5.92. The fourth-order valence-electron chi connectivity index (χ4n) is 2.74. The zero-order valence-corrected chi connectivity index (χ0v) is 14.3. The lowest BCUT2D eigenvalue weighted by molar-refractivity contribution is -0.116. The van der Waals surface area contributed by atoms with E-state index in [1.54, 1.807) is 30.3 Å². The van der Waals surface area contributed by atoms with E-state index in [1.165, 1.54) is 19.3 Å². The van der Waals surface area contributed by atoms with Crippen LogP contribution < -0.4 is 10.1 Å². The summed E-state index contributed by atoms with van der Waals surface area (Å²) < 4.78 is 4.98. The average Bonchev–Trinajstić information content (AvgIpc) is 3.02. The number of aromatic amines is 1. The van der Waals surface area contributed by atoms with Gasteiger partial charge in [-0.2, -0.15) is 0 Å². The molecular formula is C20H20N2O4. The number of H-pyrrole nitrogens is 1. The van der Waals surface area contributed by atoms with Gasteiger partial charge in [0.25, 0.3) is 0 Å². The minimum Gasteiger partial charge on any atom is -0.508 e. The summed E-state index contributed by atoms with van der Waals surface area (Å²) in [6, 6.07) is 10.1. The molecule has 2 aromatic carbocycles. The van der Waals surface area contributed by atoms with Crippen molar-refractivity contribution in [1.29, 1.82) is 0 Å². The van der Waals surface area contributed by atoms with Crippen LogP contribution in [-0.2, 0) is 11.2 Å². The highest BCUT2D eigenvalue weighted by Crippen LogP contribution is 2.26. The van der Waals surface area contributed by atoms with E-state index < -0.39 is 0 Å². The number of hydrogen-bond acceptors (Lipinski definition) is 4. The van der Waals surface area contributed by atoms with Crippen LogP contribution in [0.3, 0.4) is 0 Å². The Kier molecular flexibility index (Phi) is 5.12. The molecule has 134 valence electrons. The number of nitrogens with one attached hydrogen (secondary N) is 2. The van der Waals surface area contributed by atoms with Gasteiger partial charge in [-0.1, -0.05) is 6.07 Å². The summed E-state index contributed by atoms with van der Waals surface area (Å²) in [5.41, 5.74) is 2.68. The first-order valence-corrected chi connectivity index (χ1v) is 8.18. The zero-order chi connectivity index (χ0) is 18.5. The van der Waals surface area contributed by atoms with Gasteiger partial charge in [-0.25, -0.2) is 0 Å². The molecule has 0 saturated heterocycles. The normalized spacial score (nSPS) is 11.1. The molecule has 0 saturated carbocycles. The molecule has 0 atom stereocenters. The first kappa shape index (κ1) is 17.4. The number of hydrogen-bond donors (Lipinski definition) is 4. The molecule has 0 bridgehead atoms. The molecule has 1 heterocycles. The van der Waals surface area contributed by atoms with Gasteiger partial charge in [-0.15, -0.1) is 0 Å². The average molecular weight is 352 g/mol. The molecule has 0 aliphatic carbocycles. The van der Waals surface area contributed by atoms with E-state index in [0.717, 1.165) is 16.5 Å². The number of fused-ring (bicyclic) bond motifs is 1. The highest BCUT2D eigenvalue weighted by Gasteiger charge is 2.05. The maximum absolute atomic E-state index is 11.9. The maximum Gasteiger partial charge on any atom is 0.244 e. The molecule has 1 aromatic heterocycles. The van der Waals surface area contributed by atoms with Crippen molar-refractivity contribution in [2.45, 2.75) is 6.42 Å². The topological polar surface area (TPSA) is 94.6 Å². The first-order valence-electron chi connectivity index (χ1n) is 8.18. The number of amides is 1. The number of aromatic hydroxyl groups is 2. The SMILES string of the molecule is COc1ccc(/C=C\C(=O)NCCc2c[nH]c3ccc(O)cc23)cc1O. The van der Waals surface area contributed by atoms with Gasteiger partial charge in [-0.05, 0) is 54.0 Å². The third-order valence-electron chi connectivity index (χ3n) is 4.07. The van der Waals surface area contributed by atoms with Gasteiger partial charge in [0.1, 0.15) is 5.75 Å². The van der Waals surface area contributed by atoms with Gasteiger partial charge in [0.2, 0.25) is 5.91 Å². The second-order valence-electron chi connectivity index (χ2n) is 5.85. The number of phenolic OH excluding ortho intramolecular Hbond substituents is 2. The third-order valence-corrected chi connectivity index (χ3v) is 4.07. The zero-order valence-electron chi connectivity index (χ0n) is 14.3. The van der Waals surface area contributed by atoms with Crippen molar-refractivity contribution in [1.82, 2.24) is 10.3 Å². The summed E-state index contributed by atoms with van der Waals surface area (Å²) in [5, 5.41) is 23.1. The predicted octanol–water partition coefficient (Wildman–Crippen LogP) is 2.96. The summed E-state index contributed by atoms with van der Waals surface area (Å²) in [4.78, 5) is 15.1. The van der Waals surface area contributed by atoms with E-state index >= 15 is 0 Å². The van der Waals surface area contributed by atoms with Crippen LogP contribution in [0.25, 0.3) is 17.0 Å². The second-order valence-corrected chi connectivity index (χ2v) is 5.85. The quantitative estimate of drug-likeness (QED) is 0.513. The highest BCUT2D eigenvalue weighted by atomic mass is 16.5. The Morgan fingerprint density at radius 1 is 1.23 bits per heavy atom. The van der Waals surface area contributed by atoms with E-state index in [1.807, 2.05) is 12.3 Å². The largest absolute Gasteiger partial charge is 0.508 e. The molecule has 0 fully saturated rings. The molecule has 0 radical (unpaired) electrons. The van der Waals surface area contributed by atoms with Crippen LogP contribution in [0, 0.1) is 0 Å². The fraction of sp³-hybridized carbons (Fsp3) is 0.150. The van der Waals surface area contributed by atoms with E-state index in [0.29, 0.717) is 24.3 Å². The number of aromatic nitrogens is 1. The monoisotopic (exact) mass is 352 g/mol. The van der Waals surface area contributed by atoms with E-state index in [-0.39, 0.29) is 17.4 Å². The second kappa shape index (κ2) is 7.65. The summed E-state index contributed by atoms with van der Waals surface area (Å²) in [5.74, 6) is 0.407. The van der Waals surface area contributed by atoms with Crippen LogP contribution in [0.2, 0.25) is 0 Å². The number of carbonyl (C=O) groups is 1. The van der Waals surface area contributed by atoms with Crippen molar-refractivity contribution >= 4 is 22.9 Å². The number of rotatable bonds is 6. The molecule has 26 heavy (non-hydrogen) atoms. The van der Waals surface area contributed by atoms with E-state index in [4.69, 9.17) is 4.74 Å². The van der Waals surface area contributed by atoms with Crippen molar-refractivity contribution in [2.75, 3.05) is 13.7 Å². The predicted molar refractivity (Wildman–Crippen MR) is 100 cm³/mol. The Morgan fingerprint density at radius 2 is 2.08 bits per heavy atom. The van der Waals surface area contributed by atoms with Gasteiger partial charge in [0.15, 0.2) is 11.5 Å². The van der Waals surface area contributed by atoms with Gasteiger partial charge >= 0.3 is 0 Å². The Bertz CT molecular complexity index is 960. The third kappa shape index (κ3) is 3.97. The fourth-order valence-corrected chi connectivity index (χ4v) is 2.74. The maximum atomic E-state index is 11.9. The molecule has 4 N–H and O–H groups in total. The molecule has 0 unspecified atom stereocenters. The van der Waals surface area contributed by atoms with E-state index in [9.17, 15) is 15.0 Å². The van der Waals surface area contributed by atoms with Gasteiger partial charge in [0, 0.05) is 29.7 Å². The number of methoxy groups -OCH3 is 1. The smallest absolute Gasteiger partial charge is 0.244 e. The van der Waals surface area contributed by atoms with Crippen LogP contribution in [0.1, 0.15) is 11.1 Å². The molecule has 1 amide bonds. The van der Waals surface area contributed by atoms with Gasteiger partial charge in [-0.3, -0.25) is 4.79 Å². The molecule has 3 rings (SSSR count). The lowest BCUT2D eigenvalue weighted by atomic mass is 10.1. The summed E-state index contributed by atoms with van der Waals surface area (Å²) >= 11 is 0. The Balaban J connectivity index is 1.55. The van der Waals surface area contributed by atoms with Crippen LogP contribution in [0.15, 0.2) is 48.7 Å². The first-order chi connectivity index (χ1) is 12.6. The number of benzene rings is 2. The number of carbonyl (C=O) groups excluding carboxylic acids is 1. The lowest BCUT2D eigenvalue weighted by Crippen LogP contribution is -2.23. The molecule has 0 aliphatic rings. The minimum absolute atomic E-state index is 0.0256. The molecule has 0 aliphatic heterocycles. The number of phenols is 2. The lowest BCUT2D eigenvalue weighted by Gasteiger charge is -2.04.